The van der Waals surface area contributed by atoms with Gasteiger partial charge in [-0.05, 0) is 37.6 Å². The normalized spacial score (nSPS) is 23.9. The highest BCUT2D eigenvalue weighted by Gasteiger charge is 2.53. The van der Waals surface area contributed by atoms with Gasteiger partial charge in [-0.2, -0.15) is 0 Å². The Kier molecular flexibility index (Phi) is 5.55. The minimum absolute atomic E-state index is 0.0412. The fraction of sp³-hybridized carbons (Fsp3) is 0.474. The first kappa shape index (κ1) is 19.4. The predicted molar refractivity (Wildman–Crippen MR) is 101 cm³/mol. The zero-order chi connectivity index (χ0) is 19.6. The lowest BCUT2D eigenvalue weighted by Crippen LogP contribution is -2.46. The number of ether oxygens (including phenoxy) is 1. The molecule has 7 nitrogen and oxygen atoms in total. The molecule has 0 unspecified atom stereocenters. The first-order valence-corrected chi connectivity index (χ1v) is 9.88. The molecule has 0 spiro atoms. The summed E-state index contributed by atoms with van der Waals surface area (Å²) >= 11 is 1.58. The van der Waals surface area contributed by atoms with Crippen molar-refractivity contribution in [3.8, 4) is 0 Å². The molecule has 2 atom stereocenters. The number of ketones is 1. The van der Waals surface area contributed by atoms with Crippen molar-refractivity contribution in [1.82, 2.24) is 4.90 Å². The summed E-state index contributed by atoms with van der Waals surface area (Å²) in [5, 5.41) is 2.70. The van der Waals surface area contributed by atoms with Gasteiger partial charge in [-0.15, -0.1) is 11.8 Å². The third kappa shape index (κ3) is 4.00. The number of carbonyl (C=O) groups excluding carboxylic acids is 4. The second-order valence-electron chi connectivity index (χ2n) is 6.78. The van der Waals surface area contributed by atoms with Crippen molar-refractivity contribution in [2.45, 2.75) is 44.0 Å². The van der Waals surface area contributed by atoms with E-state index in [1.54, 1.807) is 47.9 Å². The van der Waals surface area contributed by atoms with Crippen LogP contribution in [0.4, 0.5) is 5.69 Å². The van der Waals surface area contributed by atoms with Crippen LogP contribution in [0.5, 0.6) is 0 Å². The highest BCUT2D eigenvalue weighted by Crippen LogP contribution is 2.47. The fourth-order valence-corrected chi connectivity index (χ4v) is 4.72. The lowest BCUT2D eigenvalue weighted by atomic mass is 10.1. The molecular formula is C19H22N2O5S. The lowest BCUT2D eigenvalue weighted by Gasteiger charge is -2.29. The summed E-state index contributed by atoms with van der Waals surface area (Å²) in [6, 6.07) is 5.78. The standard InChI is InChI=1S/C19H22N2O5S/c1-3-16(23)20-13-6-4-12(5-7-13)15(22)10-26-18(25)14-11-27-19(2)9-8-17(24)21(14)19/h4-7,14H,3,8-11H2,1-2H3,(H,20,23)/t14-,19-/m0/s1. The summed E-state index contributed by atoms with van der Waals surface area (Å²) in [6.45, 7) is 3.34. The SMILES string of the molecule is CCC(=O)Nc1ccc(C(=O)COC(=O)[C@@H]2CS[C@@]3(C)CCC(=O)N23)cc1. The molecule has 144 valence electrons. The Bertz CT molecular complexity index is 779. The van der Waals surface area contributed by atoms with Crippen LogP contribution in [0.25, 0.3) is 0 Å². The third-order valence-electron chi connectivity index (χ3n) is 4.87. The number of carbonyl (C=O) groups is 4. The van der Waals surface area contributed by atoms with Crippen LogP contribution in [0, 0.1) is 0 Å². The molecule has 2 fully saturated rings. The number of hydrogen-bond donors (Lipinski definition) is 1. The van der Waals surface area contributed by atoms with Gasteiger partial charge < -0.3 is 15.0 Å². The van der Waals surface area contributed by atoms with Gasteiger partial charge in [-0.1, -0.05) is 6.92 Å². The van der Waals surface area contributed by atoms with Crippen LogP contribution in [0.3, 0.4) is 0 Å². The molecule has 2 amide bonds. The Hall–Kier alpha value is -2.35. The van der Waals surface area contributed by atoms with Crippen LogP contribution in [0.2, 0.25) is 0 Å². The molecule has 0 radical (unpaired) electrons. The molecule has 0 bridgehead atoms. The van der Waals surface area contributed by atoms with Crippen molar-refractivity contribution < 1.29 is 23.9 Å². The van der Waals surface area contributed by atoms with E-state index < -0.39 is 12.0 Å². The monoisotopic (exact) mass is 390 g/mol. The van der Waals surface area contributed by atoms with Crippen LogP contribution in [0.1, 0.15) is 43.5 Å². The van der Waals surface area contributed by atoms with Gasteiger partial charge in [0, 0.05) is 29.8 Å². The molecule has 2 aliphatic rings. The quantitative estimate of drug-likeness (QED) is 0.591. The number of hydrogen-bond acceptors (Lipinski definition) is 6. The van der Waals surface area contributed by atoms with Gasteiger partial charge in [-0.25, -0.2) is 4.79 Å². The van der Waals surface area contributed by atoms with Crippen LogP contribution < -0.4 is 5.32 Å². The fourth-order valence-electron chi connectivity index (χ4n) is 3.30. The van der Waals surface area contributed by atoms with Crippen molar-refractivity contribution in [2.24, 2.45) is 0 Å². The number of Topliss-reactive ketones (excluding diaryl/α,β-unsaturated/α-hetero) is 1. The zero-order valence-corrected chi connectivity index (χ0v) is 16.1. The van der Waals surface area contributed by atoms with Crippen LogP contribution in [0.15, 0.2) is 24.3 Å². The van der Waals surface area contributed by atoms with E-state index in [1.807, 2.05) is 6.92 Å². The van der Waals surface area contributed by atoms with E-state index in [0.717, 1.165) is 6.42 Å². The number of esters is 1. The van der Waals surface area contributed by atoms with Crippen molar-refractivity contribution in [3.05, 3.63) is 29.8 Å². The molecule has 2 heterocycles. The largest absolute Gasteiger partial charge is 0.456 e. The summed E-state index contributed by atoms with van der Waals surface area (Å²) in [5.74, 6) is -0.540. The van der Waals surface area contributed by atoms with Gasteiger partial charge >= 0.3 is 5.97 Å². The van der Waals surface area contributed by atoms with Crippen molar-refractivity contribution >= 4 is 41.0 Å². The van der Waals surface area contributed by atoms with Gasteiger partial charge in [0.15, 0.2) is 12.4 Å². The summed E-state index contributed by atoms with van der Waals surface area (Å²) in [7, 11) is 0. The van der Waals surface area contributed by atoms with E-state index in [-0.39, 0.29) is 29.1 Å². The summed E-state index contributed by atoms with van der Waals surface area (Å²) < 4.78 is 5.19. The maximum absolute atomic E-state index is 12.4. The molecule has 0 aliphatic carbocycles. The van der Waals surface area contributed by atoms with Gasteiger partial charge in [0.05, 0.1) is 4.87 Å². The highest BCUT2D eigenvalue weighted by molar-refractivity contribution is 8.01. The van der Waals surface area contributed by atoms with Crippen molar-refractivity contribution in [1.29, 1.82) is 0 Å². The topological polar surface area (TPSA) is 92.8 Å². The van der Waals surface area contributed by atoms with E-state index in [0.29, 0.717) is 29.8 Å². The summed E-state index contributed by atoms with van der Waals surface area (Å²) in [6.07, 6.45) is 1.53. The molecule has 27 heavy (non-hydrogen) atoms. The maximum Gasteiger partial charge on any atom is 0.330 e. The minimum Gasteiger partial charge on any atom is -0.456 e. The van der Waals surface area contributed by atoms with Gasteiger partial charge in [0.1, 0.15) is 6.04 Å². The Morgan fingerprint density at radius 2 is 2.00 bits per heavy atom. The molecular weight excluding hydrogens is 368 g/mol. The number of benzene rings is 1. The van der Waals surface area contributed by atoms with E-state index in [1.165, 1.54) is 0 Å². The number of amides is 2. The van der Waals surface area contributed by atoms with Crippen molar-refractivity contribution in [3.63, 3.8) is 0 Å². The predicted octanol–water partition coefficient (Wildman–Crippen LogP) is 2.21. The molecule has 1 aromatic rings. The number of fused-ring (bicyclic) bond motifs is 1. The Balaban J connectivity index is 1.55. The van der Waals surface area contributed by atoms with E-state index in [9.17, 15) is 19.2 Å². The number of nitrogens with zero attached hydrogens (tertiary/aromatic N) is 1. The maximum atomic E-state index is 12.4. The molecule has 0 aromatic heterocycles. The van der Waals surface area contributed by atoms with E-state index in [2.05, 4.69) is 5.32 Å². The van der Waals surface area contributed by atoms with Gasteiger partial charge in [0.25, 0.3) is 0 Å². The third-order valence-corrected chi connectivity index (χ3v) is 6.38. The van der Waals surface area contributed by atoms with Crippen LogP contribution >= 0.6 is 11.8 Å². The number of rotatable bonds is 6. The average Bonchev–Trinajstić information content (AvgIpc) is 3.16. The number of nitrogens with one attached hydrogen (secondary N) is 1. The molecule has 2 aliphatic heterocycles. The molecule has 8 heteroatoms. The van der Waals surface area contributed by atoms with Crippen LogP contribution in [-0.2, 0) is 19.1 Å². The summed E-state index contributed by atoms with van der Waals surface area (Å²) in [4.78, 5) is 49.3. The molecule has 1 aromatic carbocycles. The smallest absolute Gasteiger partial charge is 0.330 e. The first-order valence-electron chi connectivity index (χ1n) is 8.90. The first-order chi connectivity index (χ1) is 12.8. The van der Waals surface area contributed by atoms with E-state index in [4.69, 9.17) is 4.74 Å². The molecule has 0 saturated carbocycles. The lowest BCUT2D eigenvalue weighted by molar-refractivity contribution is -0.152. The van der Waals surface area contributed by atoms with Crippen molar-refractivity contribution in [2.75, 3.05) is 17.7 Å². The second kappa shape index (κ2) is 7.72. The summed E-state index contributed by atoms with van der Waals surface area (Å²) in [5.41, 5.74) is 0.991. The van der Waals surface area contributed by atoms with Gasteiger partial charge in [-0.3, -0.25) is 14.4 Å². The van der Waals surface area contributed by atoms with Gasteiger partial charge in [0.2, 0.25) is 11.8 Å². The molecule has 2 saturated heterocycles. The highest BCUT2D eigenvalue weighted by atomic mass is 32.2. The minimum atomic E-state index is -0.630. The Morgan fingerprint density at radius 1 is 1.30 bits per heavy atom. The molecule has 1 N–H and O–H groups in total. The zero-order valence-electron chi connectivity index (χ0n) is 15.3. The van der Waals surface area contributed by atoms with E-state index >= 15 is 0 Å². The Labute approximate surface area is 161 Å². The second-order valence-corrected chi connectivity index (χ2v) is 8.28. The number of anilines is 1. The Morgan fingerprint density at radius 3 is 2.67 bits per heavy atom. The number of thioether (sulfide) groups is 1. The molecule has 3 rings (SSSR count). The van der Waals surface area contributed by atoms with Crippen LogP contribution in [-0.4, -0.2) is 51.7 Å². The average molecular weight is 390 g/mol.